The molecule has 2 N–H and O–H groups in total. The molecule has 0 bridgehead atoms. The molecule has 0 rings (SSSR count). The van der Waals surface area contributed by atoms with Crippen LogP contribution in [0.3, 0.4) is 0 Å². The van der Waals surface area contributed by atoms with Gasteiger partial charge in [0.25, 0.3) is 0 Å². The molecule has 142 valence electrons. The monoisotopic (exact) mass is 349 g/mol. The number of hydrogen-bond acceptors (Lipinski definition) is 2. The highest BCUT2D eigenvalue weighted by molar-refractivity contribution is 5.75. The number of allylic oxidation sites excluding steroid dienone is 8. The summed E-state index contributed by atoms with van der Waals surface area (Å²) < 4.78 is 0. The van der Waals surface area contributed by atoms with Gasteiger partial charge in [-0.2, -0.15) is 0 Å². The summed E-state index contributed by atoms with van der Waals surface area (Å²) in [5, 5.41) is 11.2. The Labute approximate surface area is 154 Å². The maximum atomic E-state index is 11.3. The highest BCUT2D eigenvalue weighted by Crippen LogP contribution is 2.01. The third-order valence-corrected chi connectivity index (χ3v) is 3.67. The molecule has 3 nitrogen and oxygen atoms in total. The standard InChI is InChI=1S/C22H37NO2/c1-2-3-4-5-6-7-8-9-10-11-12-13-14-15-16-17-18-19-22(25)23-20-21-24/h6-7,9-10,12-13,15-16,24H,2-5,8,11,14,17-21H2,1H3,(H,23,25)/b7-6-,10-9-,13-12-,16-15-/i21+2. The third-order valence-electron chi connectivity index (χ3n) is 3.67. The number of carbonyl (C=O) groups excluding carboxylic acids is 1. The summed E-state index contributed by atoms with van der Waals surface area (Å²) in [6, 6.07) is 0. The molecule has 0 unspecified atom stereocenters. The highest BCUT2D eigenvalue weighted by atomic mass is 16.5. The quantitative estimate of drug-likeness (QED) is 0.296. The second kappa shape index (κ2) is 20.4. The molecule has 0 fully saturated rings. The number of unbranched alkanes of at least 4 members (excludes halogenated alkanes) is 4. The van der Waals surface area contributed by atoms with Crippen molar-refractivity contribution in [2.75, 3.05) is 13.2 Å². The van der Waals surface area contributed by atoms with Crippen molar-refractivity contribution in [3.05, 3.63) is 48.6 Å². The smallest absolute Gasteiger partial charge is 0.220 e. The van der Waals surface area contributed by atoms with Gasteiger partial charge in [0.05, 0.1) is 6.61 Å². The fourth-order valence-electron chi connectivity index (χ4n) is 2.23. The van der Waals surface area contributed by atoms with E-state index >= 15 is 0 Å². The zero-order chi connectivity index (χ0) is 18.4. The van der Waals surface area contributed by atoms with Gasteiger partial charge in [0.1, 0.15) is 0 Å². The lowest BCUT2D eigenvalue weighted by Crippen LogP contribution is -2.25. The van der Waals surface area contributed by atoms with E-state index in [0.717, 1.165) is 32.1 Å². The number of aliphatic hydroxyl groups excluding tert-OH is 1. The first-order valence-corrected chi connectivity index (χ1v) is 9.78. The molecule has 0 aliphatic carbocycles. The van der Waals surface area contributed by atoms with Crippen molar-refractivity contribution < 1.29 is 9.90 Å². The van der Waals surface area contributed by atoms with Crippen molar-refractivity contribution in [3.63, 3.8) is 0 Å². The van der Waals surface area contributed by atoms with E-state index in [-0.39, 0.29) is 12.5 Å². The van der Waals surface area contributed by atoms with Crippen LogP contribution in [0.2, 0.25) is 0 Å². The largest absolute Gasteiger partial charge is 0.395 e. The molecule has 25 heavy (non-hydrogen) atoms. The molecule has 0 saturated heterocycles. The average molecular weight is 350 g/mol. The van der Waals surface area contributed by atoms with E-state index in [0.29, 0.717) is 13.0 Å². The summed E-state index contributed by atoms with van der Waals surface area (Å²) in [4.78, 5) is 11.3. The van der Waals surface area contributed by atoms with Crippen LogP contribution in [0.5, 0.6) is 0 Å². The van der Waals surface area contributed by atoms with Crippen LogP contribution in [0.4, 0.5) is 0 Å². The minimum atomic E-state index is 0.00289. The lowest BCUT2D eigenvalue weighted by atomic mass is 10.2. The highest BCUT2D eigenvalue weighted by Gasteiger charge is 1.97. The molecule has 0 heterocycles. The molecule has 0 aliphatic rings. The zero-order valence-corrected chi connectivity index (χ0v) is 16.0. The number of hydrogen-bond donors (Lipinski definition) is 2. The van der Waals surface area contributed by atoms with Crippen LogP contribution in [0.25, 0.3) is 0 Å². The van der Waals surface area contributed by atoms with Crippen LogP contribution in [-0.4, -0.2) is 24.2 Å². The lowest BCUT2D eigenvalue weighted by Gasteiger charge is -2.00. The molecular formula is C22H37NO2. The molecular weight excluding hydrogens is 312 g/mol. The maximum Gasteiger partial charge on any atom is 0.220 e. The van der Waals surface area contributed by atoms with E-state index in [2.05, 4.69) is 60.8 Å². The predicted octanol–water partition coefficient (Wildman–Crippen LogP) is 5.24. The second-order valence-electron chi connectivity index (χ2n) is 6.05. The van der Waals surface area contributed by atoms with Crippen LogP contribution >= 0.6 is 0 Å². The van der Waals surface area contributed by atoms with Crippen molar-refractivity contribution in [2.45, 2.75) is 71.1 Å². The minimum absolute atomic E-state index is 0.00289. The summed E-state index contributed by atoms with van der Waals surface area (Å²) in [7, 11) is 0. The van der Waals surface area contributed by atoms with E-state index in [4.69, 9.17) is 5.11 Å². The first-order valence-electron chi connectivity index (χ1n) is 9.78. The summed E-state index contributed by atoms with van der Waals surface area (Å²) >= 11 is 0. The average Bonchev–Trinajstić information content (AvgIpc) is 2.62. The molecule has 0 saturated carbocycles. The molecule has 0 radical (unpaired) electrons. The molecule has 0 spiro atoms. The number of rotatable bonds is 16. The summed E-state index contributed by atoms with van der Waals surface area (Å²) in [5.74, 6) is 0.0185. The lowest BCUT2D eigenvalue weighted by molar-refractivity contribution is -0.121. The van der Waals surface area contributed by atoms with Crippen LogP contribution < -0.4 is 5.32 Å². The van der Waals surface area contributed by atoms with Gasteiger partial charge in [0, 0.05) is 13.0 Å². The van der Waals surface area contributed by atoms with Crippen LogP contribution in [0.15, 0.2) is 48.6 Å². The van der Waals surface area contributed by atoms with Crippen molar-refractivity contribution in [1.82, 2.24) is 5.32 Å². The van der Waals surface area contributed by atoms with E-state index in [1.807, 2.05) is 0 Å². The van der Waals surface area contributed by atoms with Crippen molar-refractivity contribution in [1.29, 1.82) is 0 Å². The molecule has 1 amide bonds. The van der Waals surface area contributed by atoms with Gasteiger partial charge in [-0.25, -0.2) is 0 Å². The van der Waals surface area contributed by atoms with Gasteiger partial charge in [0.2, 0.25) is 5.91 Å². The van der Waals surface area contributed by atoms with Gasteiger partial charge in [-0.15, -0.1) is 0 Å². The van der Waals surface area contributed by atoms with Crippen LogP contribution in [0, 0.1) is 0 Å². The van der Waals surface area contributed by atoms with Crippen molar-refractivity contribution >= 4 is 5.91 Å². The summed E-state index contributed by atoms with van der Waals surface area (Å²) in [5.41, 5.74) is 0. The van der Waals surface area contributed by atoms with Gasteiger partial charge in [-0.3, -0.25) is 4.79 Å². The molecule has 0 aromatic rings. The molecule has 0 aromatic carbocycles. The van der Waals surface area contributed by atoms with Crippen molar-refractivity contribution in [3.8, 4) is 0 Å². The van der Waals surface area contributed by atoms with Gasteiger partial charge in [0.15, 0.2) is 0 Å². The SMILES string of the molecule is CCCCC/C=C\C/C=C\C/C=C\C/C=C\CCCC(=O)NC[14CH2]O. The van der Waals surface area contributed by atoms with Crippen molar-refractivity contribution in [2.24, 2.45) is 0 Å². The Balaban J connectivity index is 3.44. The summed E-state index contributed by atoms with van der Waals surface area (Å²) in [6.07, 6.45) is 28.0. The zero-order valence-electron chi connectivity index (χ0n) is 16.0. The van der Waals surface area contributed by atoms with Gasteiger partial charge < -0.3 is 10.4 Å². The third kappa shape index (κ3) is 20.3. The predicted molar refractivity (Wildman–Crippen MR) is 108 cm³/mol. The van der Waals surface area contributed by atoms with Gasteiger partial charge in [-0.1, -0.05) is 68.4 Å². The molecule has 0 atom stereocenters. The first-order chi connectivity index (χ1) is 12.3. The Morgan fingerprint density at radius 3 is 1.88 bits per heavy atom. The number of nitrogens with one attached hydrogen (secondary N) is 1. The number of carbonyl (C=O) groups is 1. The minimum Gasteiger partial charge on any atom is -0.395 e. The Morgan fingerprint density at radius 1 is 0.840 bits per heavy atom. The first kappa shape index (κ1) is 23.4. The van der Waals surface area contributed by atoms with E-state index in [9.17, 15) is 4.79 Å². The summed E-state index contributed by atoms with van der Waals surface area (Å²) in [6.45, 7) is 2.59. The van der Waals surface area contributed by atoms with E-state index in [1.54, 1.807) is 0 Å². The van der Waals surface area contributed by atoms with Gasteiger partial charge >= 0.3 is 0 Å². The van der Waals surface area contributed by atoms with E-state index in [1.165, 1.54) is 25.7 Å². The number of amides is 1. The Bertz CT molecular complexity index is 408. The molecule has 0 aromatic heterocycles. The van der Waals surface area contributed by atoms with Crippen LogP contribution in [-0.2, 0) is 4.79 Å². The number of aliphatic hydroxyl groups is 1. The maximum absolute atomic E-state index is 11.3. The molecule has 3 heteroatoms. The van der Waals surface area contributed by atoms with E-state index < -0.39 is 0 Å². The Kier molecular flexibility index (Phi) is 19.1. The normalized spacial score (nSPS) is 12.2. The fraction of sp³-hybridized carbons (Fsp3) is 0.591. The van der Waals surface area contributed by atoms with Gasteiger partial charge in [-0.05, 0) is 44.9 Å². The topological polar surface area (TPSA) is 49.3 Å². The Morgan fingerprint density at radius 2 is 1.36 bits per heavy atom. The van der Waals surface area contributed by atoms with Crippen LogP contribution in [0.1, 0.15) is 71.1 Å². The fourth-order valence-corrected chi connectivity index (χ4v) is 2.23. The Hall–Kier alpha value is -1.61. The molecule has 0 aliphatic heterocycles. The second-order valence-corrected chi connectivity index (χ2v) is 6.05.